The Kier molecular flexibility index (Phi) is 5.10. The van der Waals surface area contributed by atoms with Crippen molar-refractivity contribution < 1.29 is 14.3 Å². The molecule has 0 saturated heterocycles. The number of aromatic carboxylic acids is 1. The Bertz CT molecular complexity index is 391. The van der Waals surface area contributed by atoms with Crippen molar-refractivity contribution in [2.24, 2.45) is 5.92 Å². The maximum Gasteiger partial charge on any atom is 0.335 e. The van der Waals surface area contributed by atoms with Crippen LogP contribution in [0, 0.1) is 11.7 Å². The van der Waals surface area contributed by atoms with Gasteiger partial charge in [0.2, 0.25) is 0 Å². The average Bonchev–Trinajstić information content (AvgIpc) is 2.25. The Morgan fingerprint density at radius 2 is 2.18 bits per heavy atom. The summed E-state index contributed by atoms with van der Waals surface area (Å²) >= 11 is 0. The largest absolute Gasteiger partial charge is 0.478 e. The van der Waals surface area contributed by atoms with Crippen LogP contribution >= 0.6 is 0 Å². The molecule has 94 valence electrons. The van der Waals surface area contributed by atoms with Gasteiger partial charge in [-0.15, -0.1) is 0 Å². The third-order valence-electron chi connectivity index (χ3n) is 2.51. The van der Waals surface area contributed by atoms with E-state index < -0.39 is 5.97 Å². The third-order valence-corrected chi connectivity index (χ3v) is 2.51. The highest BCUT2D eigenvalue weighted by Gasteiger charge is 2.07. The molecule has 1 rings (SSSR count). The van der Waals surface area contributed by atoms with Gasteiger partial charge >= 0.3 is 5.97 Å². The number of hydrogen-bond donors (Lipinski definition) is 2. The summed E-state index contributed by atoms with van der Waals surface area (Å²) in [6, 6.07) is 3.85. The normalized spacial score (nSPS) is 10.8. The second-order valence-corrected chi connectivity index (χ2v) is 4.47. The van der Waals surface area contributed by atoms with E-state index in [1.807, 2.05) is 0 Å². The first-order valence-corrected chi connectivity index (χ1v) is 5.73. The van der Waals surface area contributed by atoms with Crippen molar-refractivity contribution in [3.8, 4) is 0 Å². The zero-order valence-electron chi connectivity index (χ0n) is 10.2. The number of nitrogens with one attached hydrogen (secondary N) is 1. The number of halogens is 1. The van der Waals surface area contributed by atoms with Crippen LogP contribution in [0.4, 0.5) is 4.39 Å². The van der Waals surface area contributed by atoms with Gasteiger partial charge < -0.3 is 10.4 Å². The quantitative estimate of drug-likeness (QED) is 0.750. The maximum absolute atomic E-state index is 13.4. The van der Waals surface area contributed by atoms with Gasteiger partial charge in [-0.1, -0.05) is 13.8 Å². The van der Waals surface area contributed by atoms with Crippen molar-refractivity contribution >= 4 is 5.97 Å². The summed E-state index contributed by atoms with van der Waals surface area (Å²) in [5.74, 6) is -0.807. The summed E-state index contributed by atoms with van der Waals surface area (Å²) < 4.78 is 13.4. The molecule has 1 aromatic rings. The van der Waals surface area contributed by atoms with Crippen molar-refractivity contribution in [2.45, 2.75) is 26.8 Å². The van der Waals surface area contributed by atoms with Crippen LogP contribution in [0.5, 0.6) is 0 Å². The molecule has 1 aromatic carbocycles. The van der Waals surface area contributed by atoms with Gasteiger partial charge in [0.15, 0.2) is 0 Å². The molecule has 0 aliphatic rings. The van der Waals surface area contributed by atoms with Gasteiger partial charge in [0.05, 0.1) is 5.56 Å². The fourth-order valence-electron chi connectivity index (χ4n) is 1.46. The smallest absolute Gasteiger partial charge is 0.335 e. The maximum atomic E-state index is 13.4. The van der Waals surface area contributed by atoms with Crippen LogP contribution in [0.25, 0.3) is 0 Å². The topological polar surface area (TPSA) is 49.3 Å². The summed E-state index contributed by atoms with van der Waals surface area (Å²) in [5, 5.41) is 11.9. The molecule has 3 nitrogen and oxygen atoms in total. The molecule has 17 heavy (non-hydrogen) atoms. The molecular formula is C13H18FNO2. The summed E-state index contributed by atoms with van der Waals surface area (Å²) in [4.78, 5) is 10.7. The molecule has 0 saturated carbocycles. The molecule has 4 heteroatoms. The molecule has 0 spiro atoms. The number of hydrogen-bond acceptors (Lipinski definition) is 2. The summed E-state index contributed by atoms with van der Waals surface area (Å²) in [5.41, 5.74) is 0.515. The average molecular weight is 239 g/mol. The zero-order valence-corrected chi connectivity index (χ0v) is 10.2. The number of carboxylic acids is 1. The Morgan fingerprint density at radius 1 is 1.47 bits per heavy atom. The van der Waals surface area contributed by atoms with Gasteiger partial charge in [-0.3, -0.25) is 0 Å². The third kappa shape index (κ3) is 4.53. The molecule has 0 aliphatic heterocycles. The Morgan fingerprint density at radius 3 is 2.76 bits per heavy atom. The van der Waals surface area contributed by atoms with E-state index in [1.54, 1.807) is 0 Å². The Labute approximate surface area is 101 Å². The van der Waals surface area contributed by atoms with Crippen LogP contribution in [-0.4, -0.2) is 17.6 Å². The minimum atomic E-state index is -1.03. The highest BCUT2D eigenvalue weighted by Crippen LogP contribution is 2.10. The van der Waals surface area contributed by atoms with Gasteiger partial charge in [0.1, 0.15) is 5.82 Å². The fraction of sp³-hybridized carbons (Fsp3) is 0.462. The van der Waals surface area contributed by atoms with E-state index in [0.717, 1.165) is 13.0 Å². The van der Waals surface area contributed by atoms with Crippen LogP contribution in [-0.2, 0) is 6.54 Å². The second kappa shape index (κ2) is 6.35. The van der Waals surface area contributed by atoms with Gasteiger partial charge in [-0.05, 0) is 37.1 Å². The first kappa shape index (κ1) is 13.6. The molecule has 0 amide bonds. The standard InChI is InChI=1S/C13H18FNO2/c1-9(2)5-6-15-8-11-7-10(13(16)17)3-4-12(11)14/h3-4,7,9,15H,5-6,8H2,1-2H3,(H,16,17). The van der Waals surface area contributed by atoms with E-state index in [4.69, 9.17) is 5.11 Å². The molecule has 0 atom stereocenters. The van der Waals surface area contributed by atoms with Crippen molar-refractivity contribution in [1.29, 1.82) is 0 Å². The first-order valence-electron chi connectivity index (χ1n) is 5.73. The zero-order chi connectivity index (χ0) is 12.8. The lowest BCUT2D eigenvalue weighted by Gasteiger charge is -2.08. The SMILES string of the molecule is CC(C)CCNCc1cc(C(=O)O)ccc1F. The van der Waals surface area contributed by atoms with Crippen molar-refractivity contribution in [1.82, 2.24) is 5.32 Å². The summed E-state index contributed by atoms with van der Waals surface area (Å²) in [6.45, 7) is 5.40. The Hall–Kier alpha value is -1.42. The van der Waals surface area contributed by atoms with Crippen molar-refractivity contribution in [3.05, 3.63) is 35.1 Å². The van der Waals surface area contributed by atoms with E-state index in [-0.39, 0.29) is 11.4 Å². The minimum absolute atomic E-state index is 0.118. The molecule has 0 heterocycles. The number of rotatable bonds is 6. The molecule has 0 aliphatic carbocycles. The van der Waals surface area contributed by atoms with Crippen molar-refractivity contribution in [2.75, 3.05) is 6.54 Å². The fourth-order valence-corrected chi connectivity index (χ4v) is 1.46. The van der Waals surface area contributed by atoms with Gasteiger partial charge in [0.25, 0.3) is 0 Å². The predicted octanol–water partition coefficient (Wildman–Crippen LogP) is 2.66. The van der Waals surface area contributed by atoms with E-state index in [2.05, 4.69) is 19.2 Å². The molecule has 0 aromatic heterocycles. The monoisotopic (exact) mass is 239 g/mol. The Balaban J connectivity index is 2.57. The molecule has 0 radical (unpaired) electrons. The number of carbonyl (C=O) groups is 1. The van der Waals surface area contributed by atoms with Crippen LogP contribution in [0.1, 0.15) is 36.2 Å². The second-order valence-electron chi connectivity index (χ2n) is 4.47. The van der Waals surface area contributed by atoms with E-state index in [9.17, 15) is 9.18 Å². The molecule has 0 bridgehead atoms. The van der Waals surface area contributed by atoms with Crippen LogP contribution in [0.3, 0.4) is 0 Å². The lowest BCUT2D eigenvalue weighted by molar-refractivity contribution is 0.0696. The molecule has 0 fully saturated rings. The highest BCUT2D eigenvalue weighted by molar-refractivity contribution is 5.87. The van der Waals surface area contributed by atoms with E-state index in [1.165, 1.54) is 18.2 Å². The summed E-state index contributed by atoms with van der Waals surface area (Å²) in [7, 11) is 0. The molecular weight excluding hydrogens is 221 g/mol. The highest BCUT2D eigenvalue weighted by atomic mass is 19.1. The van der Waals surface area contributed by atoms with Gasteiger partial charge in [-0.2, -0.15) is 0 Å². The van der Waals surface area contributed by atoms with Gasteiger partial charge in [0, 0.05) is 12.1 Å². The minimum Gasteiger partial charge on any atom is -0.478 e. The lowest BCUT2D eigenvalue weighted by atomic mass is 10.1. The molecule has 0 unspecified atom stereocenters. The van der Waals surface area contributed by atoms with E-state index >= 15 is 0 Å². The molecule has 2 N–H and O–H groups in total. The number of carboxylic acid groups (broad SMARTS) is 1. The lowest BCUT2D eigenvalue weighted by Crippen LogP contribution is -2.17. The van der Waals surface area contributed by atoms with Crippen molar-refractivity contribution in [3.63, 3.8) is 0 Å². The number of benzene rings is 1. The van der Waals surface area contributed by atoms with Gasteiger partial charge in [-0.25, -0.2) is 9.18 Å². The van der Waals surface area contributed by atoms with Crippen LogP contribution in [0.15, 0.2) is 18.2 Å². The predicted molar refractivity (Wildman–Crippen MR) is 64.5 cm³/mol. The first-order chi connectivity index (χ1) is 8.00. The van der Waals surface area contributed by atoms with Crippen LogP contribution < -0.4 is 5.32 Å². The summed E-state index contributed by atoms with van der Waals surface area (Å²) in [6.07, 6.45) is 1.01. The van der Waals surface area contributed by atoms with Crippen LogP contribution in [0.2, 0.25) is 0 Å². The van der Waals surface area contributed by atoms with E-state index in [0.29, 0.717) is 18.0 Å².